The van der Waals surface area contributed by atoms with Gasteiger partial charge in [0.1, 0.15) is 0 Å². The van der Waals surface area contributed by atoms with Gasteiger partial charge in [-0.25, -0.2) is 0 Å². The van der Waals surface area contributed by atoms with Crippen molar-refractivity contribution < 1.29 is 10.2 Å². The van der Waals surface area contributed by atoms with E-state index >= 15 is 0 Å². The maximum Gasteiger partial charge on any atom is 0.0897 e. The SMILES string of the molecule is CN(Cc1ccc(C2CCCC2)s1)CC(O)CO. The van der Waals surface area contributed by atoms with Crippen LogP contribution >= 0.6 is 11.3 Å². The standard InChI is InChI=1S/C14H23NO2S/c1-15(8-12(17)10-16)9-13-6-7-14(18-13)11-4-2-3-5-11/h6-7,11-12,16-17H,2-5,8-10H2,1H3. The maximum atomic E-state index is 9.40. The van der Waals surface area contributed by atoms with Gasteiger partial charge in [0.05, 0.1) is 12.7 Å². The number of thiophene rings is 1. The summed E-state index contributed by atoms with van der Waals surface area (Å²) in [6.45, 7) is 1.21. The molecular weight excluding hydrogens is 246 g/mol. The van der Waals surface area contributed by atoms with Gasteiger partial charge in [-0.15, -0.1) is 11.3 Å². The molecule has 0 amide bonds. The van der Waals surface area contributed by atoms with Crippen LogP contribution in [0.15, 0.2) is 12.1 Å². The molecule has 1 aromatic heterocycles. The van der Waals surface area contributed by atoms with Gasteiger partial charge in [-0.2, -0.15) is 0 Å². The van der Waals surface area contributed by atoms with E-state index in [-0.39, 0.29) is 6.61 Å². The van der Waals surface area contributed by atoms with Gasteiger partial charge in [0.15, 0.2) is 0 Å². The van der Waals surface area contributed by atoms with E-state index < -0.39 is 6.10 Å². The minimum absolute atomic E-state index is 0.165. The number of nitrogens with zero attached hydrogens (tertiary/aromatic N) is 1. The van der Waals surface area contributed by atoms with E-state index in [0.29, 0.717) is 6.54 Å². The summed E-state index contributed by atoms with van der Waals surface area (Å²) in [4.78, 5) is 4.94. The molecule has 0 spiro atoms. The van der Waals surface area contributed by atoms with Gasteiger partial charge >= 0.3 is 0 Å². The summed E-state index contributed by atoms with van der Waals surface area (Å²) >= 11 is 1.91. The second-order valence-electron chi connectivity index (χ2n) is 5.32. The van der Waals surface area contributed by atoms with Crippen molar-refractivity contribution in [3.8, 4) is 0 Å². The monoisotopic (exact) mass is 269 g/mol. The number of hydrogen-bond acceptors (Lipinski definition) is 4. The number of rotatable bonds is 6. The summed E-state index contributed by atoms with van der Waals surface area (Å²) in [6.07, 6.45) is 4.81. The molecule has 4 heteroatoms. The Balaban J connectivity index is 1.85. The molecule has 1 unspecified atom stereocenters. The van der Waals surface area contributed by atoms with Crippen LogP contribution in [-0.4, -0.2) is 41.4 Å². The average molecular weight is 269 g/mol. The molecule has 1 aliphatic carbocycles. The van der Waals surface area contributed by atoms with Crippen molar-refractivity contribution in [3.63, 3.8) is 0 Å². The number of aliphatic hydroxyl groups is 2. The summed E-state index contributed by atoms with van der Waals surface area (Å²) in [6, 6.07) is 4.48. The lowest BCUT2D eigenvalue weighted by atomic mass is 10.1. The highest BCUT2D eigenvalue weighted by Gasteiger charge is 2.19. The van der Waals surface area contributed by atoms with E-state index in [1.807, 2.05) is 18.4 Å². The highest BCUT2D eigenvalue weighted by Crippen LogP contribution is 2.37. The van der Waals surface area contributed by atoms with Gasteiger partial charge in [0, 0.05) is 22.8 Å². The van der Waals surface area contributed by atoms with Crippen molar-refractivity contribution in [2.75, 3.05) is 20.2 Å². The number of hydrogen-bond donors (Lipinski definition) is 2. The molecule has 1 saturated carbocycles. The van der Waals surface area contributed by atoms with Gasteiger partial charge in [0.25, 0.3) is 0 Å². The molecule has 18 heavy (non-hydrogen) atoms. The fraction of sp³-hybridized carbons (Fsp3) is 0.714. The van der Waals surface area contributed by atoms with Crippen LogP contribution in [-0.2, 0) is 6.54 Å². The number of aliphatic hydroxyl groups excluding tert-OH is 2. The molecule has 102 valence electrons. The molecule has 0 bridgehead atoms. The number of likely N-dealkylation sites (N-methyl/N-ethyl adjacent to an activating group) is 1. The minimum atomic E-state index is -0.635. The highest BCUT2D eigenvalue weighted by molar-refractivity contribution is 7.12. The highest BCUT2D eigenvalue weighted by atomic mass is 32.1. The van der Waals surface area contributed by atoms with Crippen LogP contribution in [0.2, 0.25) is 0 Å². The molecule has 2 rings (SSSR count). The molecular formula is C14H23NO2S. The van der Waals surface area contributed by atoms with Crippen molar-refractivity contribution in [3.05, 3.63) is 21.9 Å². The third-order valence-electron chi connectivity index (χ3n) is 3.60. The summed E-state index contributed by atoms with van der Waals surface area (Å²) in [5, 5.41) is 18.2. The lowest BCUT2D eigenvalue weighted by molar-refractivity contribution is 0.0650. The first-order valence-corrected chi connectivity index (χ1v) is 7.56. The molecule has 1 atom stereocenters. The van der Waals surface area contributed by atoms with Crippen LogP contribution in [0.3, 0.4) is 0 Å². The molecule has 1 heterocycles. The second-order valence-corrected chi connectivity index (χ2v) is 6.52. The Bertz CT molecular complexity index is 360. The second kappa shape index (κ2) is 6.66. The fourth-order valence-electron chi connectivity index (χ4n) is 2.66. The summed E-state index contributed by atoms with van der Waals surface area (Å²) in [5.41, 5.74) is 0. The zero-order chi connectivity index (χ0) is 13.0. The van der Waals surface area contributed by atoms with E-state index in [1.165, 1.54) is 35.4 Å². The van der Waals surface area contributed by atoms with Crippen LogP contribution in [0.4, 0.5) is 0 Å². The smallest absolute Gasteiger partial charge is 0.0897 e. The largest absolute Gasteiger partial charge is 0.394 e. The van der Waals surface area contributed by atoms with Crippen LogP contribution in [0, 0.1) is 0 Å². The zero-order valence-electron chi connectivity index (χ0n) is 11.0. The van der Waals surface area contributed by atoms with Gasteiger partial charge in [-0.1, -0.05) is 12.8 Å². The molecule has 0 saturated heterocycles. The Hall–Kier alpha value is -0.420. The molecule has 3 nitrogen and oxygen atoms in total. The quantitative estimate of drug-likeness (QED) is 0.832. The lowest BCUT2D eigenvalue weighted by Crippen LogP contribution is -2.30. The Labute approximate surface area is 113 Å². The Morgan fingerprint density at radius 1 is 1.39 bits per heavy atom. The van der Waals surface area contributed by atoms with Crippen molar-refractivity contribution in [1.82, 2.24) is 4.90 Å². The van der Waals surface area contributed by atoms with E-state index in [9.17, 15) is 5.11 Å². The molecule has 2 N–H and O–H groups in total. The van der Waals surface area contributed by atoms with Crippen molar-refractivity contribution in [2.24, 2.45) is 0 Å². The molecule has 0 aliphatic heterocycles. The van der Waals surface area contributed by atoms with E-state index in [2.05, 4.69) is 17.0 Å². The molecule has 1 aliphatic rings. The first-order chi connectivity index (χ1) is 8.69. The Morgan fingerprint density at radius 2 is 2.11 bits per heavy atom. The van der Waals surface area contributed by atoms with Crippen molar-refractivity contribution >= 4 is 11.3 Å². The van der Waals surface area contributed by atoms with Crippen LogP contribution in [0.5, 0.6) is 0 Å². The molecule has 1 aromatic rings. The normalized spacial score (nSPS) is 18.7. The van der Waals surface area contributed by atoms with E-state index in [1.54, 1.807) is 0 Å². The van der Waals surface area contributed by atoms with Gasteiger partial charge in [0.2, 0.25) is 0 Å². The third kappa shape index (κ3) is 3.79. The molecule has 1 fully saturated rings. The van der Waals surface area contributed by atoms with Gasteiger partial charge in [-0.3, -0.25) is 4.90 Å². The van der Waals surface area contributed by atoms with E-state index in [4.69, 9.17) is 5.11 Å². The Morgan fingerprint density at radius 3 is 2.78 bits per heavy atom. The maximum absolute atomic E-state index is 9.40. The van der Waals surface area contributed by atoms with Gasteiger partial charge in [-0.05, 0) is 37.9 Å². The van der Waals surface area contributed by atoms with Crippen molar-refractivity contribution in [1.29, 1.82) is 0 Å². The topological polar surface area (TPSA) is 43.7 Å². The molecule has 0 aromatic carbocycles. The minimum Gasteiger partial charge on any atom is -0.394 e. The van der Waals surface area contributed by atoms with Crippen LogP contribution in [0.1, 0.15) is 41.4 Å². The first kappa shape index (κ1) is 14.0. The fourth-order valence-corrected chi connectivity index (χ4v) is 3.92. The summed E-state index contributed by atoms with van der Waals surface area (Å²) < 4.78 is 0. The third-order valence-corrected chi connectivity index (χ3v) is 4.83. The average Bonchev–Trinajstić information content (AvgIpc) is 2.98. The van der Waals surface area contributed by atoms with Crippen LogP contribution < -0.4 is 0 Å². The summed E-state index contributed by atoms with van der Waals surface area (Å²) in [5.74, 6) is 0.789. The Kier molecular flexibility index (Phi) is 5.18. The molecule has 0 radical (unpaired) electrons. The van der Waals surface area contributed by atoms with Crippen LogP contribution in [0.25, 0.3) is 0 Å². The summed E-state index contributed by atoms with van der Waals surface area (Å²) in [7, 11) is 1.98. The lowest BCUT2D eigenvalue weighted by Gasteiger charge is -2.18. The van der Waals surface area contributed by atoms with E-state index in [0.717, 1.165) is 12.5 Å². The van der Waals surface area contributed by atoms with Crippen molar-refractivity contribution in [2.45, 2.75) is 44.2 Å². The zero-order valence-corrected chi connectivity index (χ0v) is 11.8. The van der Waals surface area contributed by atoms with Gasteiger partial charge < -0.3 is 10.2 Å². The predicted octanol–water partition coefficient (Wildman–Crippen LogP) is 2.19. The predicted molar refractivity (Wildman–Crippen MR) is 75.0 cm³/mol. The first-order valence-electron chi connectivity index (χ1n) is 6.75.